The lowest BCUT2D eigenvalue weighted by molar-refractivity contribution is 0.172. The van der Waals surface area contributed by atoms with E-state index in [1.165, 1.54) is 5.56 Å². The van der Waals surface area contributed by atoms with Crippen LogP contribution in [0.25, 0.3) is 0 Å². The highest BCUT2D eigenvalue weighted by Crippen LogP contribution is 2.35. The van der Waals surface area contributed by atoms with Gasteiger partial charge in [0.1, 0.15) is 11.9 Å². The second kappa shape index (κ2) is 7.43. The molecule has 0 aliphatic rings. The fourth-order valence-electron chi connectivity index (χ4n) is 2.25. The fourth-order valence-corrected chi connectivity index (χ4v) is 3.78. The van der Waals surface area contributed by atoms with E-state index in [0.29, 0.717) is 5.92 Å². The van der Waals surface area contributed by atoms with Crippen molar-refractivity contribution < 1.29 is 4.74 Å². The summed E-state index contributed by atoms with van der Waals surface area (Å²) in [4.78, 5) is 1.16. The second-order valence-corrected chi connectivity index (χ2v) is 7.94. The SMILES string of the molecule is CCC(N)C(Oc1ccccc1C(C)C)c1ccc(Br)s1. The topological polar surface area (TPSA) is 35.2 Å². The maximum absolute atomic E-state index is 6.32. The Bertz CT molecular complexity index is 582. The highest BCUT2D eigenvalue weighted by molar-refractivity contribution is 9.11. The van der Waals surface area contributed by atoms with Crippen molar-refractivity contribution in [3.8, 4) is 5.75 Å². The predicted octanol–water partition coefficient (Wildman–Crippen LogP) is 5.49. The Labute approximate surface area is 139 Å². The lowest BCUT2D eigenvalue weighted by atomic mass is 10.0. The van der Waals surface area contributed by atoms with E-state index >= 15 is 0 Å². The summed E-state index contributed by atoms with van der Waals surface area (Å²) in [5.74, 6) is 1.36. The van der Waals surface area contributed by atoms with Crippen LogP contribution in [0.4, 0.5) is 0 Å². The van der Waals surface area contributed by atoms with Crippen LogP contribution in [0.1, 0.15) is 49.7 Å². The normalized spacial score (nSPS) is 14.2. The molecule has 0 fully saturated rings. The number of thiophene rings is 1. The molecule has 0 saturated heterocycles. The number of rotatable bonds is 6. The van der Waals surface area contributed by atoms with Crippen molar-refractivity contribution in [2.75, 3.05) is 0 Å². The van der Waals surface area contributed by atoms with E-state index < -0.39 is 0 Å². The third-order valence-corrected chi connectivity index (χ3v) is 5.21. The quantitative estimate of drug-likeness (QED) is 0.732. The Kier molecular flexibility index (Phi) is 5.85. The van der Waals surface area contributed by atoms with Crippen LogP contribution in [0.2, 0.25) is 0 Å². The molecule has 114 valence electrons. The summed E-state index contributed by atoms with van der Waals surface area (Å²) < 4.78 is 7.43. The van der Waals surface area contributed by atoms with Gasteiger partial charge in [0, 0.05) is 10.9 Å². The molecular formula is C17H22BrNOS. The Hall–Kier alpha value is -0.840. The summed E-state index contributed by atoms with van der Waals surface area (Å²) in [6.45, 7) is 6.45. The van der Waals surface area contributed by atoms with E-state index in [-0.39, 0.29) is 12.1 Å². The molecule has 1 aromatic heterocycles. The van der Waals surface area contributed by atoms with E-state index in [1.54, 1.807) is 11.3 Å². The number of para-hydroxylation sites is 1. The maximum atomic E-state index is 6.32. The van der Waals surface area contributed by atoms with Crippen molar-refractivity contribution >= 4 is 27.3 Å². The summed E-state index contributed by atoms with van der Waals surface area (Å²) >= 11 is 5.20. The van der Waals surface area contributed by atoms with E-state index in [0.717, 1.165) is 20.8 Å². The average molecular weight is 368 g/mol. The van der Waals surface area contributed by atoms with Gasteiger partial charge in [0.15, 0.2) is 0 Å². The Balaban J connectivity index is 2.32. The van der Waals surface area contributed by atoms with Gasteiger partial charge in [-0.25, -0.2) is 0 Å². The molecule has 2 unspecified atom stereocenters. The summed E-state index contributed by atoms with van der Waals surface area (Å²) in [5, 5.41) is 0. The van der Waals surface area contributed by atoms with Crippen molar-refractivity contribution in [2.24, 2.45) is 5.73 Å². The first-order chi connectivity index (χ1) is 10.0. The molecule has 0 aliphatic heterocycles. The zero-order valence-corrected chi connectivity index (χ0v) is 15.1. The molecule has 4 heteroatoms. The number of hydrogen-bond acceptors (Lipinski definition) is 3. The van der Waals surface area contributed by atoms with Gasteiger partial charge in [-0.3, -0.25) is 0 Å². The number of halogens is 1. The third kappa shape index (κ3) is 4.09. The van der Waals surface area contributed by atoms with Crippen LogP contribution < -0.4 is 10.5 Å². The van der Waals surface area contributed by atoms with E-state index in [4.69, 9.17) is 10.5 Å². The molecule has 21 heavy (non-hydrogen) atoms. The number of nitrogens with two attached hydrogens (primary N) is 1. The molecule has 1 aromatic carbocycles. The molecule has 0 aliphatic carbocycles. The number of benzene rings is 1. The fraction of sp³-hybridized carbons (Fsp3) is 0.412. The molecular weight excluding hydrogens is 346 g/mol. The third-order valence-electron chi connectivity index (χ3n) is 3.53. The van der Waals surface area contributed by atoms with Crippen molar-refractivity contribution in [2.45, 2.75) is 45.3 Å². The standard InChI is InChI=1S/C17H22BrNOS/c1-4-13(19)17(15-9-10-16(18)21-15)20-14-8-6-5-7-12(14)11(2)3/h5-11,13,17H,4,19H2,1-3H3. The second-order valence-electron chi connectivity index (χ2n) is 5.44. The van der Waals surface area contributed by atoms with Crippen molar-refractivity contribution in [1.82, 2.24) is 0 Å². The molecule has 0 radical (unpaired) electrons. The molecule has 2 rings (SSSR count). The first-order valence-electron chi connectivity index (χ1n) is 7.29. The van der Waals surface area contributed by atoms with E-state index in [1.807, 2.05) is 18.2 Å². The lowest BCUT2D eigenvalue weighted by Crippen LogP contribution is -2.31. The zero-order chi connectivity index (χ0) is 15.4. The molecule has 2 N–H and O–H groups in total. The zero-order valence-electron chi connectivity index (χ0n) is 12.7. The maximum Gasteiger partial charge on any atom is 0.148 e. The molecule has 2 nitrogen and oxygen atoms in total. The molecule has 0 bridgehead atoms. The number of ether oxygens (including phenoxy) is 1. The highest BCUT2D eigenvalue weighted by Gasteiger charge is 2.23. The van der Waals surface area contributed by atoms with Crippen LogP contribution in [-0.2, 0) is 0 Å². The first-order valence-corrected chi connectivity index (χ1v) is 8.90. The van der Waals surface area contributed by atoms with Crippen LogP contribution in [0.3, 0.4) is 0 Å². The van der Waals surface area contributed by atoms with Gasteiger partial charge >= 0.3 is 0 Å². The van der Waals surface area contributed by atoms with Crippen molar-refractivity contribution in [3.05, 3.63) is 50.6 Å². The molecule has 0 spiro atoms. The summed E-state index contributed by atoms with van der Waals surface area (Å²) in [6, 6.07) is 12.3. The molecule has 2 aromatic rings. The van der Waals surface area contributed by atoms with Crippen LogP contribution in [0.5, 0.6) is 5.75 Å². The molecule has 1 heterocycles. The van der Waals surface area contributed by atoms with Crippen LogP contribution in [0.15, 0.2) is 40.2 Å². The van der Waals surface area contributed by atoms with Gasteiger partial charge in [-0.1, -0.05) is 39.0 Å². The van der Waals surface area contributed by atoms with Gasteiger partial charge in [0.25, 0.3) is 0 Å². The monoisotopic (exact) mass is 367 g/mol. The van der Waals surface area contributed by atoms with Crippen LogP contribution in [0, 0.1) is 0 Å². The average Bonchev–Trinajstić information content (AvgIpc) is 2.90. The lowest BCUT2D eigenvalue weighted by Gasteiger charge is -2.25. The Morgan fingerprint density at radius 2 is 1.90 bits per heavy atom. The van der Waals surface area contributed by atoms with Gasteiger partial charge in [0.2, 0.25) is 0 Å². The van der Waals surface area contributed by atoms with Gasteiger partial charge in [0.05, 0.1) is 3.79 Å². The molecule has 0 amide bonds. The molecule has 2 atom stereocenters. The minimum Gasteiger partial charge on any atom is -0.483 e. The predicted molar refractivity (Wildman–Crippen MR) is 94.2 cm³/mol. The highest BCUT2D eigenvalue weighted by atomic mass is 79.9. The Morgan fingerprint density at radius 3 is 2.48 bits per heavy atom. The number of hydrogen-bond donors (Lipinski definition) is 1. The van der Waals surface area contributed by atoms with Gasteiger partial charge in [-0.2, -0.15) is 0 Å². The van der Waals surface area contributed by atoms with Gasteiger partial charge < -0.3 is 10.5 Å². The van der Waals surface area contributed by atoms with Gasteiger partial charge in [-0.15, -0.1) is 11.3 Å². The van der Waals surface area contributed by atoms with Crippen molar-refractivity contribution in [3.63, 3.8) is 0 Å². The molecule has 0 saturated carbocycles. The van der Waals surface area contributed by atoms with E-state index in [9.17, 15) is 0 Å². The summed E-state index contributed by atoms with van der Waals surface area (Å²) in [7, 11) is 0. The van der Waals surface area contributed by atoms with Crippen LogP contribution >= 0.6 is 27.3 Å². The van der Waals surface area contributed by atoms with Crippen molar-refractivity contribution in [1.29, 1.82) is 0 Å². The Morgan fingerprint density at radius 1 is 1.19 bits per heavy atom. The largest absolute Gasteiger partial charge is 0.483 e. The smallest absolute Gasteiger partial charge is 0.148 e. The first kappa shape index (κ1) is 16.5. The summed E-state index contributed by atoms with van der Waals surface area (Å²) in [5.41, 5.74) is 7.52. The van der Waals surface area contributed by atoms with Gasteiger partial charge in [-0.05, 0) is 52.0 Å². The van der Waals surface area contributed by atoms with Crippen LogP contribution in [-0.4, -0.2) is 6.04 Å². The minimum absolute atomic E-state index is 0.0178. The minimum atomic E-state index is -0.105. The summed E-state index contributed by atoms with van der Waals surface area (Å²) in [6.07, 6.45) is 0.774. The van der Waals surface area contributed by atoms with E-state index in [2.05, 4.69) is 54.9 Å².